The number of nitrogens with zero attached hydrogens (tertiary/aromatic N) is 3. The molecule has 0 spiro atoms. The largest absolute Gasteiger partial charge is 0.362 e. The number of anilines is 1. The van der Waals surface area contributed by atoms with E-state index in [2.05, 4.69) is 22.2 Å². The van der Waals surface area contributed by atoms with Crippen LogP contribution in [0.4, 0.5) is 5.69 Å². The zero-order valence-corrected chi connectivity index (χ0v) is 15.5. The third kappa shape index (κ3) is 5.01. The molecule has 1 amide bonds. The van der Waals surface area contributed by atoms with Gasteiger partial charge in [-0.05, 0) is 63.3 Å². The zero-order valence-electron chi connectivity index (χ0n) is 15.5. The van der Waals surface area contributed by atoms with Crippen molar-refractivity contribution >= 4 is 17.4 Å². The third-order valence-electron chi connectivity index (χ3n) is 4.71. The van der Waals surface area contributed by atoms with Crippen molar-refractivity contribution in [3.05, 3.63) is 72.7 Å². The lowest BCUT2D eigenvalue weighted by Crippen LogP contribution is -2.48. The minimum atomic E-state index is -0.174. The van der Waals surface area contributed by atoms with Crippen LogP contribution in [0.5, 0.6) is 0 Å². The van der Waals surface area contributed by atoms with Gasteiger partial charge in [0.1, 0.15) is 5.84 Å². The van der Waals surface area contributed by atoms with Gasteiger partial charge >= 0.3 is 0 Å². The second-order valence-corrected chi connectivity index (χ2v) is 6.68. The van der Waals surface area contributed by atoms with Crippen LogP contribution in [0, 0.1) is 5.41 Å². The summed E-state index contributed by atoms with van der Waals surface area (Å²) in [5.41, 5.74) is 1.44. The Labute approximate surface area is 160 Å². The molecule has 6 nitrogen and oxygen atoms in total. The third-order valence-corrected chi connectivity index (χ3v) is 4.71. The molecule has 0 atom stereocenters. The Hall–Kier alpha value is -2.99. The van der Waals surface area contributed by atoms with E-state index in [-0.39, 0.29) is 17.8 Å². The minimum absolute atomic E-state index is 0.0165. The summed E-state index contributed by atoms with van der Waals surface area (Å²) in [6.45, 7) is 1.83. The van der Waals surface area contributed by atoms with Crippen molar-refractivity contribution < 1.29 is 4.79 Å². The van der Waals surface area contributed by atoms with Crippen LogP contribution < -0.4 is 5.32 Å². The minimum Gasteiger partial charge on any atom is -0.362 e. The number of pyridine rings is 1. The molecule has 3 rings (SSSR count). The monoisotopic (exact) mass is 363 g/mol. The number of piperidine rings is 1. The van der Waals surface area contributed by atoms with Crippen LogP contribution >= 0.6 is 0 Å². The maximum absolute atomic E-state index is 13.1. The van der Waals surface area contributed by atoms with Crippen molar-refractivity contribution in [2.45, 2.75) is 18.9 Å². The van der Waals surface area contributed by atoms with Gasteiger partial charge in [-0.3, -0.25) is 20.1 Å². The van der Waals surface area contributed by atoms with E-state index in [1.165, 1.54) is 0 Å². The van der Waals surface area contributed by atoms with E-state index in [1.54, 1.807) is 41.7 Å². The van der Waals surface area contributed by atoms with Gasteiger partial charge in [0.05, 0.1) is 5.56 Å². The number of amidine groups is 1. The van der Waals surface area contributed by atoms with Gasteiger partial charge in [0.2, 0.25) is 0 Å². The second-order valence-electron chi connectivity index (χ2n) is 6.68. The van der Waals surface area contributed by atoms with E-state index < -0.39 is 0 Å². The molecule has 2 N–H and O–H groups in total. The molecule has 0 radical (unpaired) electrons. The number of para-hydroxylation sites is 1. The predicted octanol–water partition coefficient (Wildman–Crippen LogP) is 3.22. The molecule has 2 aromatic rings. The summed E-state index contributed by atoms with van der Waals surface area (Å²) in [7, 11) is 2.08. The molecule has 0 aliphatic carbocycles. The van der Waals surface area contributed by atoms with Crippen LogP contribution in [0.15, 0.2) is 67.1 Å². The number of carbonyl (C=O) groups is 1. The van der Waals surface area contributed by atoms with Gasteiger partial charge in [-0.15, -0.1) is 0 Å². The lowest BCUT2D eigenvalue weighted by atomic mass is 10.0. The van der Waals surface area contributed by atoms with Gasteiger partial charge in [-0.1, -0.05) is 18.2 Å². The Kier molecular flexibility index (Phi) is 6.33. The fourth-order valence-corrected chi connectivity index (χ4v) is 3.18. The molecule has 1 aliphatic heterocycles. The van der Waals surface area contributed by atoms with Gasteiger partial charge < -0.3 is 10.2 Å². The number of carbonyl (C=O) groups excluding carboxylic acids is 1. The normalized spacial score (nSPS) is 15.6. The maximum Gasteiger partial charge on any atom is 0.261 e. The SMILES string of the molecule is CN1CCC(N(C(=N)/C=C\Nc2ccccc2)C(=O)c2cccnc2)CC1. The first-order valence-electron chi connectivity index (χ1n) is 9.14. The molecule has 0 bridgehead atoms. The van der Waals surface area contributed by atoms with Crippen molar-refractivity contribution in [2.75, 3.05) is 25.5 Å². The lowest BCUT2D eigenvalue weighted by Gasteiger charge is -2.36. The topological polar surface area (TPSA) is 72.3 Å². The number of nitrogens with one attached hydrogen (secondary N) is 2. The van der Waals surface area contributed by atoms with Gasteiger partial charge in [-0.2, -0.15) is 0 Å². The first-order valence-corrected chi connectivity index (χ1v) is 9.14. The first kappa shape index (κ1) is 18.8. The maximum atomic E-state index is 13.1. The molecule has 140 valence electrons. The van der Waals surface area contributed by atoms with Gasteiger partial charge in [0.25, 0.3) is 5.91 Å². The average molecular weight is 363 g/mol. The molecule has 6 heteroatoms. The van der Waals surface area contributed by atoms with Crippen LogP contribution in [-0.4, -0.2) is 52.7 Å². The van der Waals surface area contributed by atoms with Crippen molar-refractivity contribution in [3.8, 4) is 0 Å². The molecule has 1 fully saturated rings. The number of aromatic nitrogens is 1. The second kappa shape index (κ2) is 9.09. The van der Waals surface area contributed by atoms with Gasteiger partial charge in [0, 0.05) is 30.3 Å². The summed E-state index contributed by atoms with van der Waals surface area (Å²) in [5.74, 6) is 0.00820. The van der Waals surface area contributed by atoms with E-state index in [0.717, 1.165) is 31.6 Å². The zero-order chi connectivity index (χ0) is 19.1. The number of hydrogen-bond donors (Lipinski definition) is 2. The quantitative estimate of drug-likeness (QED) is 0.632. The van der Waals surface area contributed by atoms with Crippen LogP contribution in [0.1, 0.15) is 23.2 Å². The molecule has 1 aromatic carbocycles. The number of amides is 1. The lowest BCUT2D eigenvalue weighted by molar-refractivity contribution is 0.0748. The Morgan fingerprint density at radius 2 is 1.96 bits per heavy atom. The Bertz CT molecular complexity index is 783. The van der Waals surface area contributed by atoms with Crippen LogP contribution in [0.2, 0.25) is 0 Å². The highest BCUT2D eigenvalue weighted by Crippen LogP contribution is 2.19. The van der Waals surface area contributed by atoms with Crippen molar-refractivity contribution in [1.29, 1.82) is 5.41 Å². The average Bonchev–Trinajstić information content (AvgIpc) is 2.71. The van der Waals surface area contributed by atoms with Crippen LogP contribution in [-0.2, 0) is 0 Å². The number of hydrogen-bond acceptors (Lipinski definition) is 5. The number of rotatable bonds is 5. The number of benzene rings is 1. The molecule has 0 unspecified atom stereocenters. The standard InChI is InChI=1S/C21H25N5O/c1-25-14-10-19(11-15-25)26(21(27)17-6-5-12-23-16-17)20(22)9-13-24-18-7-3-2-4-8-18/h2-9,12-13,16,19,22,24H,10-11,14-15H2,1H3/b13-9-,22-20?. The summed E-state index contributed by atoms with van der Waals surface area (Å²) < 4.78 is 0. The molecule has 2 heterocycles. The molecule has 1 aliphatic rings. The highest BCUT2D eigenvalue weighted by Gasteiger charge is 2.29. The number of likely N-dealkylation sites (tertiary alicyclic amines) is 1. The van der Waals surface area contributed by atoms with Crippen molar-refractivity contribution in [1.82, 2.24) is 14.8 Å². The smallest absolute Gasteiger partial charge is 0.261 e. The van der Waals surface area contributed by atoms with Crippen molar-refractivity contribution in [3.63, 3.8) is 0 Å². The summed E-state index contributed by atoms with van der Waals surface area (Å²) in [5, 5.41) is 11.7. The summed E-state index contributed by atoms with van der Waals surface area (Å²) >= 11 is 0. The van der Waals surface area contributed by atoms with E-state index in [9.17, 15) is 4.79 Å². The van der Waals surface area contributed by atoms with Gasteiger partial charge in [0.15, 0.2) is 0 Å². The summed E-state index contributed by atoms with van der Waals surface area (Å²) in [6, 6.07) is 13.2. The molecule has 27 heavy (non-hydrogen) atoms. The highest BCUT2D eigenvalue weighted by molar-refractivity contribution is 6.09. The van der Waals surface area contributed by atoms with Crippen molar-refractivity contribution in [2.24, 2.45) is 0 Å². The fraction of sp³-hybridized carbons (Fsp3) is 0.286. The van der Waals surface area contributed by atoms with Gasteiger partial charge in [-0.25, -0.2) is 0 Å². The molecule has 0 saturated carbocycles. The van der Waals surface area contributed by atoms with E-state index in [4.69, 9.17) is 5.41 Å². The summed E-state index contributed by atoms with van der Waals surface area (Å²) in [4.78, 5) is 21.0. The summed E-state index contributed by atoms with van der Waals surface area (Å²) in [6.07, 6.45) is 8.25. The molecule has 1 saturated heterocycles. The molecular weight excluding hydrogens is 338 g/mol. The molecular formula is C21H25N5O. The molecule has 1 aromatic heterocycles. The van der Waals surface area contributed by atoms with E-state index in [0.29, 0.717) is 5.56 Å². The first-order chi connectivity index (χ1) is 13.1. The Morgan fingerprint density at radius 1 is 1.22 bits per heavy atom. The van der Waals surface area contributed by atoms with Crippen LogP contribution in [0.25, 0.3) is 0 Å². The van der Waals surface area contributed by atoms with Crippen LogP contribution in [0.3, 0.4) is 0 Å². The Balaban J connectivity index is 1.76. The Morgan fingerprint density at radius 3 is 2.63 bits per heavy atom. The van der Waals surface area contributed by atoms with E-state index in [1.807, 2.05) is 30.3 Å². The van der Waals surface area contributed by atoms with E-state index >= 15 is 0 Å². The predicted molar refractivity (Wildman–Crippen MR) is 108 cm³/mol. The highest BCUT2D eigenvalue weighted by atomic mass is 16.2. The fourth-order valence-electron chi connectivity index (χ4n) is 3.18.